The number of aliphatic imine (C=N–C) groups is 1. The predicted molar refractivity (Wildman–Crippen MR) is 105 cm³/mol. The molecule has 0 amide bonds. The molecule has 6 heteroatoms. The Kier molecular flexibility index (Phi) is 5.24. The van der Waals surface area contributed by atoms with Gasteiger partial charge in [0.25, 0.3) is 0 Å². The number of hydrogen-bond donors (Lipinski definition) is 1. The number of guanidine groups is 1. The lowest BCUT2D eigenvalue weighted by Crippen LogP contribution is -2.42. The van der Waals surface area contributed by atoms with Crippen LogP contribution in [0.3, 0.4) is 0 Å². The summed E-state index contributed by atoms with van der Waals surface area (Å²) >= 11 is 0. The molecule has 0 bridgehead atoms. The third-order valence-corrected chi connectivity index (χ3v) is 6.54. The first-order valence-corrected chi connectivity index (χ1v) is 10.3. The minimum Gasteiger partial charge on any atom is -0.371 e. The fraction of sp³-hybridized carbons (Fsp3) is 0.667. The summed E-state index contributed by atoms with van der Waals surface area (Å²) in [5, 5.41) is 3.46. The summed E-state index contributed by atoms with van der Waals surface area (Å²) in [4.78, 5) is 9.50. The second-order valence-corrected chi connectivity index (χ2v) is 8.42. The molecular formula is C21H30F2N4. The van der Waals surface area contributed by atoms with Crippen LogP contribution in [0.1, 0.15) is 39.0 Å². The molecule has 1 aliphatic carbocycles. The Labute approximate surface area is 160 Å². The summed E-state index contributed by atoms with van der Waals surface area (Å²) in [5.74, 6) is -0.0637. The van der Waals surface area contributed by atoms with Gasteiger partial charge in [0, 0.05) is 51.0 Å². The first-order chi connectivity index (χ1) is 13.1. The fourth-order valence-electron chi connectivity index (χ4n) is 4.74. The minimum absolute atomic E-state index is 0.451. The van der Waals surface area contributed by atoms with Gasteiger partial charge in [-0.3, -0.25) is 4.99 Å². The van der Waals surface area contributed by atoms with E-state index in [1.165, 1.54) is 37.8 Å². The Hall–Kier alpha value is -1.85. The molecule has 4 nitrogen and oxygen atoms in total. The number of halogens is 2. The van der Waals surface area contributed by atoms with Gasteiger partial charge in [0.2, 0.25) is 0 Å². The van der Waals surface area contributed by atoms with Crippen LogP contribution in [0, 0.1) is 23.0 Å². The molecule has 2 saturated heterocycles. The molecule has 1 saturated carbocycles. The minimum atomic E-state index is -0.788. The molecule has 3 aliphatic rings. The van der Waals surface area contributed by atoms with Crippen LogP contribution in [0.25, 0.3) is 0 Å². The Morgan fingerprint density at radius 1 is 1.22 bits per heavy atom. The highest BCUT2D eigenvalue weighted by Gasteiger charge is 2.43. The average Bonchev–Trinajstić information content (AvgIpc) is 3.28. The van der Waals surface area contributed by atoms with Crippen molar-refractivity contribution in [2.75, 3.05) is 44.2 Å². The summed E-state index contributed by atoms with van der Waals surface area (Å²) in [7, 11) is 0. The highest BCUT2D eigenvalue weighted by molar-refractivity contribution is 5.80. The maximum Gasteiger partial charge on any atom is 0.193 e. The van der Waals surface area contributed by atoms with Gasteiger partial charge in [-0.2, -0.15) is 0 Å². The molecule has 1 N–H and O–H groups in total. The highest BCUT2D eigenvalue weighted by atomic mass is 19.2. The van der Waals surface area contributed by atoms with E-state index in [9.17, 15) is 8.78 Å². The molecule has 1 atom stereocenters. The van der Waals surface area contributed by atoms with Crippen LogP contribution in [-0.2, 0) is 0 Å². The third kappa shape index (κ3) is 3.90. The summed E-state index contributed by atoms with van der Waals surface area (Å²) < 4.78 is 26.7. The Bertz CT molecular complexity index is 701. The molecule has 1 spiro atoms. The normalized spacial score (nSPS) is 24.6. The zero-order valence-corrected chi connectivity index (χ0v) is 16.2. The molecule has 1 aromatic rings. The molecule has 0 aromatic heterocycles. The number of benzene rings is 1. The molecule has 4 rings (SSSR count). The van der Waals surface area contributed by atoms with E-state index >= 15 is 0 Å². The van der Waals surface area contributed by atoms with Gasteiger partial charge >= 0.3 is 0 Å². The molecule has 3 fully saturated rings. The lowest BCUT2D eigenvalue weighted by Gasteiger charge is -2.38. The zero-order valence-electron chi connectivity index (χ0n) is 16.2. The van der Waals surface area contributed by atoms with Crippen LogP contribution in [0.4, 0.5) is 14.5 Å². The van der Waals surface area contributed by atoms with Gasteiger partial charge in [-0.25, -0.2) is 8.78 Å². The van der Waals surface area contributed by atoms with Crippen LogP contribution in [0.15, 0.2) is 23.2 Å². The van der Waals surface area contributed by atoms with Gasteiger partial charge in [-0.1, -0.05) is 6.42 Å². The number of nitrogens with zero attached hydrogens (tertiary/aromatic N) is 3. The number of likely N-dealkylation sites (tertiary alicyclic amines) is 1. The van der Waals surface area contributed by atoms with E-state index in [-0.39, 0.29) is 0 Å². The van der Waals surface area contributed by atoms with Crippen molar-refractivity contribution in [2.24, 2.45) is 16.3 Å². The van der Waals surface area contributed by atoms with Crippen molar-refractivity contribution in [2.45, 2.75) is 39.0 Å². The predicted octanol–water partition coefficient (Wildman–Crippen LogP) is 3.63. The van der Waals surface area contributed by atoms with Gasteiger partial charge in [0.05, 0.1) is 0 Å². The van der Waals surface area contributed by atoms with Crippen molar-refractivity contribution in [1.29, 1.82) is 0 Å². The fourth-order valence-corrected chi connectivity index (χ4v) is 4.74. The second-order valence-electron chi connectivity index (χ2n) is 8.42. The van der Waals surface area contributed by atoms with Crippen LogP contribution < -0.4 is 10.2 Å². The van der Waals surface area contributed by atoms with E-state index in [1.54, 1.807) is 6.07 Å². The van der Waals surface area contributed by atoms with Crippen LogP contribution >= 0.6 is 0 Å². The third-order valence-electron chi connectivity index (χ3n) is 6.54. The van der Waals surface area contributed by atoms with E-state index in [2.05, 4.69) is 22.0 Å². The zero-order chi connectivity index (χ0) is 18.9. The highest BCUT2D eigenvalue weighted by Crippen LogP contribution is 2.47. The van der Waals surface area contributed by atoms with E-state index in [0.29, 0.717) is 11.3 Å². The van der Waals surface area contributed by atoms with Crippen molar-refractivity contribution in [3.8, 4) is 0 Å². The molecular weight excluding hydrogens is 346 g/mol. The number of nitrogens with one attached hydrogen (secondary N) is 1. The summed E-state index contributed by atoms with van der Waals surface area (Å²) in [6.45, 7) is 7.75. The molecule has 1 unspecified atom stereocenters. The van der Waals surface area contributed by atoms with Crippen molar-refractivity contribution >= 4 is 11.6 Å². The number of rotatable bonds is 4. The summed E-state index contributed by atoms with van der Waals surface area (Å²) in [5.41, 5.74) is 1.33. The molecule has 27 heavy (non-hydrogen) atoms. The quantitative estimate of drug-likeness (QED) is 0.643. The van der Waals surface area contributed by atoms with Gasteiger partial charge < -0.3 is 15.1 Å². The molecule has 0 radical (unpaired) electrons. The van der Waals surface area contributed by atoms with Crippen molar-refractivity contribution in [1.82, 2.24) is 10.2 Å². The smallest absolute Gasteiger partial charge is 0.193 e. The van der Waals surface area contributed by atoms with Crippen molar-refractivity contribution in [3.63, 3.8) is 0 Å². The lowest BCUT2D eigenvalue weighted by molar-refractivity contribution is 0.151. The second kappa shape index (κ2) is 7.64. The summed E-state index contributed by atoms with van der Waals surface area (Å²) in [6.07, 6.45) is 6.45. The van der Waals surface area contributed by atoms with Crippen LogP contribution in [0.5, 0.6) is 0 Å². The van der Waals surface area contributed by atoms with Gasteiger partial charge in [0.15, 0.2) is 17.6 Å². The molecule has 148 valence electrons. The van der Waals surface area contributed by atoms with Crippen molar-refractivity contribution < 1.29 is 8.78 Å². The Morgan fingerprint density at radius 3 is 2.74 bits per heavy atom. The maximum absolute atomic E-state index is 13.5. The maximum atomic E-state index is 13.5. The number of anilines is 1. The standard InChI is InChI=1S/C21H30F2N4/c1-2-24-20(27-11-9-21(15-27)7-3-8-21)25-13-16-6-10-26(14-16)17-4-5-18(22)19(23)12-17/h4-5,12,16H,2-3,6-11,13-15H2,1H3,(H,24,25). The van der Waals surface area contributed by atoms with Gasteiger partial charge in [-0.05, 0) is 56.1 Å². The van der Waals surface area contributed by atoms with Gasteiger partial charge in [-0.15, -0.1) is 0 Å². The molecule has 1 aromatic carbocycles. The van der Waals surface area contributed by atoms with E-state index in [0.717, 1.165) is 57.3 Å². The summed E-state index contributed by atoms with van der Waals surface area (Å²) in [6, 6.07) is 4.17. The molecule has 2 heterocycles. The number of hydrogen-bond acceptors (Lipinski definition) is 2. The first-order valence-electron chi connectivity index (χ1n) is 10.3. The Morgan fingerprint density at radius 2 is 2.07 bits per heavy atom. The molecule has 2 aliphatic heterocycles. The monoisotopic (exact) mass is 376 g/mol. The lowest BCUT2D eigenvalue weighted by atomic mass is 9.68. The van der Waals surface area contributed by atoms with Crippen LogP contribution in [0.2, 0.25) is 0 Å². The SMILES string of the molecule is CCNC(=NCC1CCN(c2ccc(F)c(F)c2)C1)N1CCC2(CCC2)C1. The Balaban J connectivity index is 1.35. The van der Waals surface area contributed by atoms with E-state index < -0.39 is 11.6 Å². The van der Waals surface area contributed by atoms with E-state index in [1.807, 2.05) is 0 Å². The largest absolute Gasteiger partial charge is 0.371 e. The first kappa shape index (κ1) is 18.5. The van der Waals surface area contributed by atoms with Gasteiger partial charge in [0.1, 0.15) is 0 Å². The van der Waals surface area contributed by atoms with E-state index in [4.69, 9.17) is 4.99 Å². The van der Waals surface area contributed by atoms with Crippen LogP contribution in [-0.4, -0.2) is 50.1 Å². The average molecular weight is 376 g/mol. The topological polar surface area (TPSA) is 30.9 Å². The van der Waals surface area contributed by atoms with Crippen molar-refractivity contribution in [3.05, 3.63) is 29.8 Å².